The van der Waals surface area contributed by atoms with E-state index in [4.69, 9.17) is 15.2 Å². The molecule has 0 radical (unpaired) electrons. The largest absolute Gasteiger partial charge is 0.448 e. The van der Waals surface area contributed by atoms with Crippen molar-refractivity contribution in [1.82, 2.24) is 10.2 Å². The van der Waals surface area contributed by atoms with Crippen LogP contribution in [0.4, 0.5) is 10.8 Å². The summed E-state index contributed by atoms with van der Waals surface area (Å²) >= 11 is 2.58. The molecule has 0 bridgehead atoms. The number of hydrogen-bond acceptors (Lipinski definition) is 8. The minimum absolute atomic E-state index is 0.120. The van der Waals surface area contributed by atoms with Crippen molar-refractivity contribution in [2.45, 2.75) is 42.2 Å². The molecule has 1 fully saturated rings. The Morgan fingerprint density at radius 3 is 2.80 bits per heavy atom. The predicted octanol–water partition coefficient (Wildman–Crippen LogP) is 3.28. The second kappa shape index (κ2) is 6.72. The molecule has 2 aliphatic rings. The molecule has 3 N–H and O–H groups in total. The number of carbonyl (C=O) groups excluding carboxylic acids is 1. The number of nitrogens with one attached hydrogen (secondary N) is 1. The van der Waals surface area contributed by atoms with Gasteiger partial charge in [0.05, 0.1) is 5.75 Å². The highest BCUT2D eigenvalue weighted by Crippen LogP contribution is 2.46. The van der Waals surface area contributed by atoms with Crippen molar-refractivity contribution in [3.8, 4) is 11.5 Å². The van der Waals surface area contributed by atoms with Crippen molar-refractivity contribution < 1.29 is 14.3 Å². The third-order valence-electron chi connectivity index (χ3n) is 4.18. The maximum atomic E-state index is 12.1. The molecule has 0 unspecified atom stereocenters. The van der Waals surface area contributed by atoms with E-state index >= 15 is 0 Å². The fraction of sp³-hybridized carbons (Fsp3) is 0.438. The van der Waals surface area contributed by atoms with Gasteiger partial charge in [-0.1, -0.05) is 29.5 Å². The summed E-state index contributed by atoms with van der Waals surface area (Å²) in [7, 11) is 0. The molecule has 0 saturated heterocycles. The van der Waals surface area contributed by atoms with E-state index < -0.39 is 5.79 Å². The summed E-state index contributed by atoms with van der Waals surface area (Å²) in [5, 5.41) is 10.9. The van der Waals surface area contributed by atoms with Gasteiger partial charge < -0.3 is 20.5 Å². The molecule has 2 aromatic rings. The first-order valence-electron chi connectivity index (χ1n) is 8.16. The average Bonchev–Trinajstić information content (AvgIpc) is 3.16. The fourth-order valence-electron chi connectivity index (χ4n) is 3.07. The summed E-state index contributed by atoms with van der Waals surface area (Å²) < 4.78 is 12.8. The molecule has 4 rings (SSSR count). The number of nitrogen functional groups attached to an aromatic ring is 1. The summed E-state index contributed by atoms with van der Waals surface area (Å²) in [6.07, 6.45) is 5.27. The normalized spacial score (nSPS) is 17.6. The lowest BCUT2D eigenvalue weighted by Crippen LogP contribution is -2.40. The van der Waals surface area contributed by atoms with E-state index in [-0.39, 0.29) is 11.7 Å². The summed E-state index contributed by atoms with van der Waals surface area (Å²) in [4.78, 5) is 12.1. The van der Waals surface area contributed by atoms with Gasteiger partial charge in [0, 0.05) is 24.6 Å². The first-order valence-corrected chi connectivity index (χ1v) is 9.96. The van der Waals surface area contributed by atoms with Gasteiger partial charge in [-0.05, 0) is 25.0 Å². The number of hydrogen-bond donors (Lipinski definition) is 2. The Labute approximate surface area is 153 Å². The number of carbonyl (C=O) groups is 1. The maximum absolute atomic E-state index is 12.1. The van der Waals surface area contributed by atoms with Gasteiger partial charge in [-0.3, -0.25) is 4.79 Å². The quantitative estimate of drug-likeness (QED) is 0.788. The van der Waals surface area contributed by atoms with Gasteiger partial charge in [-0.25, -0.2) is 0 Å². The number of nitrogens with two attached hydrogens (primary N) is 1. The molecule has 1 saturated carbocycles. The van der Waals surface area contributed by atoms with E-state index in [0.717, 1.165) is 31.4 Å². The van der Waals surface area contributed by atoms with Crippen LogP contribution in [0.1, 0.15) is 32.1 Å². The molecule has 7 nitrogen and oxygen atoms in total. The fourth-order valence-corrected chi connectivity index (χ4v) is 4.51. The number of amides is 1. The molecule has 9 heteroatoms. The molecular formula is C16H18N4O3S2. The molecular weight excluding hydrogens is 360 g/mol. The number of ether oxygens (including phenoxy) is 2. The second-order valence-corrected chi connectivity index (χ2v) is 8.31. The zero-order valence-corrected chi connectivity index (χ0v) is 15.1. The number of fused-ring (bicyclic) bond motifs is 1. The number of aromatic nitrogens is 2. The van der Waals surface area contributed by atoms with Gasteiger partial charge in [0.25, 0.3) is 5.79 Å². The Morgan fingerprint density at radius 2 is 2.04 bits per heavy atom. The molecule has 1 aliphatic heterocycles. The van der Waals surface area contributed by atoms with Crippen LogP contribution in [0.2, 0.25) is 0 Å². The van der Waals surface area contributed by atoms with Crippen molar-refractivity contribution >= 4 is 39.8 Å². The SMILES string of the molecule is Nc1nnc(SCC(=O)Nc2ccc3c(c2)OC2(CCCCC2)O3)s1. The third-order valence-corrected chi connectivity index (χ3v) is 6.07. The van der Waals surface area contributed by atoms with Crippen LogP contribution in [0.25, 0.3) is 0 Å². The zero-order valence-electron chi connectivity index (χ0n) is 13.5. The van der Waals surface area contributed by atoms with Gasteiger partial charge in [-0.2, -0.15) is 0 Å². The highest BCUT2D eigenvalue weighted by molar-refractivity contribution is 8.01. The van der Waals surface area contributed by atoms with Crippen molar-refractivity contribution in [3.05, 3.63) is 18.2 Å². The summed E-state index contributed by atoms with van der Waals surface area (Å²) in [6.45, 7) is 0. The lowest BCUT2D eigenvalue weighted by atomic mass is 9.94. The second-order valence-electron chi connectivity index (χ2n) is 6.08. The van der Waals surface area contributed by atoms with E-state index in [1.54, 1.807) is 0 Å². The summed E-state index contributed by atoms with van der Waals surface area (Å²) in [6, 6.07) is 5.51. The topological polar surface area (TPSA) is 99.4 Å². The van der Waals surface area contributed by atoms with E-state index in [9.17, 15) is 4.79 Å². The van der Waals surface area contributed by atoms with Crippen molar-refractivity contribution in [2.75, 3.05) is 16.8 Å². The van der Waals surface area contributed by atoms with Crippen molar-refractivity contribution in [1.29, 1.82) is 0 Å². The molecule has 1 amide bonds. The lowest BCUT2D eigenvalue weighted by Gasteiger charge is -2.31. The maximum Gasteiger partial charge on any atom is 0.251 e. The first-order chi connectivity index (χ1) is 12.1. The van der Waals surface area contributed by atoms with Crippen molar-refractivity contribution in [3.63, 3.8) is 0 Å². The van der Waals surface area contributed by atoms with E-state index in [2.05, 4.69) is 15.5 Å². The van der Waals surface area contributed by atoms with Crippen LogP contribution in [0.15, 0.2) is 22.5 Å². The molecule has 1 aromatic heterocycles. The third kappa shape index (κ3) is 3.67. The van der Waals surface area contributed by atoms with E-state index in [0.29, 0.717) is 20.9 Å². The van der Waals surface area contributed by atoms with Crippen LogP contribution in [0, 0.1) is 0 Å². The lowest BCUT2D eigenvalue weighted by molar-refractivity contribution is -0.113. The van der Waals surface area contributed by atoms with Gasteiger partial charge in [0.15, 0.2) is 15.8 Å². The van der Waals surface area contributed by atoms with Crippen LogP contribution in [-0.2, 0) is 4.79 Å². The smallest absolute Gasteiger partial charge is 0.251 e. The number of anilines is 2. The average molecular weight is 378 g/mol. The van der Waals surface area contributed by atoms with Gasteiger partial charge >= 0.3 is 0 Å². The number of nitrogens with zero attached hydrogens (tertiary/aromatic N) is 2. The molecule has 1 aliphatic carbocycles. The van der Waals surface area contributed by atoms with Crippen LogP contribution in [0.5, 0.6) is 11.5 Å². The Hall–Kier alpha value is -2.00. The van der Waals surface area contributed by atoms with Crippen LogP contribution in [-0.4, -0.2) is 27.6 Å². The monoisotopic (exact) mass is 378 g/mol. The predicted molar refractivity (Wildman–Crippen MR) is 97.2 cm³/mol. The minimum Gasteiger partial charge on any atom is -0.448 e. The Balaban J connectivity index is 1.36. The highest BCUT2D eigenvalue weighted by Gasteiger charge is 2.42. The van der Waals surface area contributed by atoms with E-state index in [1.165, 1.54) is 29.5 Å². The first kappa shape index (κ1) is 16.5. The zero-order chi connectivity index (χ0) is 17.3. The number of benzene rings is 1. The molecule has 0 atom stereocenters. The molecule has 2 heterocycles. The highest BCUT2D eigenvalue weighted by atomic mass is 32.2. The van der Waals surface area contributed by atoms with Crippen LogP contribution >= 0.6 is 23.1 Å². The molecule has 1 aromatic carbocycles. The Bertz CT molecular complexity index is 789. The van der Waals surface area contributed by atoms with Gasteiger partial charge in [0.2, 0.25) is 11.0 Å². The summed E-state index contributed by atoms with van der Waals surface area (Å²) in [5.41, 5.74) is 6.22. The Morgan fingerprint density at radius 1 is 1.24 bits per heavy atom. The van der Waals surface area contributed by atoms with E-state index in [1.807, 2.05) is 18.2 Å². The minimum atomic E-state index is -0.503. The Kier molecular flexibility index (Phi) is 4.43. The van der Waals surface area contributed by atoms with Gasteiger partial charge in [0.1, 0.15) is 0 Å². The molecule has 132 valence electrons. The standard InChI is InChI=1S/C16H18N4O3S2/c17-14-19-20-15(25-14)24-9-13(21)18-10-4-5-11-12(8-10)23-16(22-11)6-2-1-3-7-16/h4-5,8H,1-3,6-7,9H2,(H2,17,19)(H,18,21). The molecule has 1 spiro atoms. The number of thioether (sulfide) groups is 1. The number of rotatable bonds is 4. The van der Waals surface area contributed by atoms with Crippen molar-refractivity contribution in [2.24, 2.45) is 0 Å². The van der Waals surface area contributed by atoms with Crippen LogP contribution < -0.4 is 20.5 Å². The van der Waals surface area contributed by atoms with Gasteiger partial charge in [-0.15, -0.1) is 10.2 Å². The van der Waals surface area contributed by atoms with Crippen LogP contribution in [0.3, 0.4) is 0 Å². The molecule has 25 heavy (non-hydrogen) atoms. The summed E-state index contributed by atoms with van der Waals surface area (Å²) in [5.74, 6) is 1.07.